The van der Waals surface area contributed by atoms with Gasteiger partial charge in [-0.1, -0.05) is 37.5 Å². The number of fused-ring (bicyclic) bond motifs is 1. The van der Waals surface area contributed by atoms with E-state index in [4.69, 9.17) is 4.74 Å². The minimum absolute atomic E-state index is 0.0486. The SMILES string of the molecule is Cc1cc(COc2ccc(C(=O)NC3(CC(=O)NO)CCN(CC4CCCCC4)CC3)cc2)c2ccccc2n1. The number of hydrogen-bond donors (Lipinski definition) is 3. The highest BCUT2D eigenvalue weighted by atomic mass is 16.5. The second kappa shape index (κ2) is 12.8. The number of ether oxygens (including phenoxy) is 1. The van der Waals surface area contributed by atoms with Crippen LogP contribution >= 0.6 is 0 Å². The zero-order valence-corrected chi connectivity index (χ0v) is 23.3. The molecule has 2 fully saturated rings. The first-order valence-corrected chi connectivity index (χ1v) is 14.5. The lowest BCUT2D eigenvalue weighted by atomic mass is 9.82. The van der Waals surface area contributed by atoms with Crippen LogP contribution in [0.5, 0.6) is 5.75 Å². The van der Waals surface area contributed by atoms with Crippen molar-refractivity contribution in [3.8, 4) is 5.75 Å². The highest BCUT2D eigenvalue weighted by molar-refractivity contribution is 5.95. The molecule has 8 heteroatoms. The number of hydroxylamine groups is 1. The summed E-state index contributed by atoms with van der Waals surface area (Å²) >= 11 is 0. The molecule has 3 N–H and O–H groups in total. The van der Waals surface area contributed by atoms with Crippen LogP contribution in [0.2, 0.25) is 0 Å². The summed E-state index contributed by atoms with van der Waals surface area (Å²) in [5.41, 5.74) is 4.50. The van der Waals surface area contributed by atoms with Crippen molar-refractivity contribution >= 4 is 22.7 Å². The third-order valence-electron chi connectivity index (χ3n) is 8.50. The third kappa shape index (κ3) is 6.98. The van der Waals surface area contributed by atoms with Gasteiger partial charge in [-0.05, 0) is 74.9 Å². The lowest BCUT2D eigenvalue weighted by Crippen LogP contribution is -2.57. The van der Waals surface area contributed by atoms with E-state index in [0.717, 1.165) is 47.7 Å². The van der Waals surface area contributed by atoms with Crippen molar-refractivity contribution in [1.29, 1.82) is 0 Å². The smallest absolute Gasteiger partial charge is 0.251 e. The zero-order chi connectivity index (χ0) is 28.0. The van der Waals surface area contributed by atoms with E-state index in [1.165, 1.54) is 32.1 Å². The van der Waals surface area contributed by atoms with Gasteiger partial charge in [-0.2, -0.15) is 0 Å². The maximum Gasteiger partial charge on any atom is 0.251 e. The van der Waals surface area contributed by atoms with Crippen LogP contribution in [0.15, 0.2) is 54.6 Å². The number of piperidine rings is 1. The molecule has 40 heavy (non-hydrogen) atoms. The first-order chi connectivity index (χ1) is 19.4. The summed E-state index contributed by atoms with van der Waals surface area (Å²) in [6.07, 6.45) is 7.95. The highest BCUT2D eigenvalue weighted by Gasteiger charge is 2.38. The Kier molecular flexibility index (Phi) is 8.97. The summed E-state index contributed by atoms with van der Waals surface area (Å²) in [6, 6.07) is 17.1. The Morgan fingerprint density at radius 2 is 1.77 bits per heavy atom. The Balaban J connectivity index is 1.20. The summed E-state index contributed by atoms with van der Waals surface area (Å²) in [6.45, 7) is 5.11. The lowest BCUT2D eigenvalue weighted by molar-refractivity contribution is -0.131. The fourth-order valence-electron chi connectivity index (χ4n) is 6.28. The van der Waals surface area contributed by atoms with Crippen LogP contribution in [0.1, 0.15) is 73.0 Å². The van der Waals surface area contributed by atoms with Crippen molar-refractivity contribution < 1.29 is 19.5 Å². The molecule has 2 amide bonds. The number of rotatable bonds is 9. The third-order valence-corrected chi connectivity index (χ3v) is 8.50. The van der Waals surface area contributed by atoms with Crippen molar-refractivity contribution in [2.45, 2.75) is 70.4 Å². The summed E-state index contributed by atoms with van der Waals surface area (Å²) in [7, 11) is 0. The number of para-hydroxylation sites is 1. The molecule has 0 unspecified atom stereocenters. The Hall–Kier alpha value is -3.49. The van der Waals surface area contributed by atoms with Crippen LogP contribution < -0.4 is 15.5 Å². The van der Waals surface area contributed by atoms with Gasteiger partial charge >= 0.3 is 0 Å². The topological polar surface area (TPSA) is 104 Å². The Bertz CT molecular complexity index is 1310. The van der Waals surface area contributed by atoms with Crippen LogP contribution in [0.25, 0.3) is 10.9 Å². The van der Waals surface area contributed by atoms with Crippen LogP contribution in [0.3, 0.4) is 0 Å². The number of carbonyl (C=O) groups is 2. The fraction of sp³-hybridized carbons (Fsp3) is 0.469. The van der Waals surface area contributed by atoms with Gasteiger partial charge in [0, 0.05) is 41.8 Å². The highest BCUT2D eigenvalue weighted by Crippen LogP contribution is 2.30. The molecule has 5 rings (SSSR count). The lowest BCUT2D eigenvalue weighted by Gasteiger charge is -2.43. The average Bonchev–Trinajstić information content (AvgIpc) is 2.98. The van der Waals surface area contributed by atoms with E-state index in [0.29, 0.717) is 30.8 Å². The monoisotopic (exact) mass is 544 g/mol. The number of aromatic nitrogens is 1. The molecular weight excluding hydrogens is 504 g/mol. The normalized spacial score (nSPS) is 17.9. The van der Waals surface area contributed by atoms with Gasteiger partial charge in [-0.25, -0.2) is 5.48 Å². The predicted octanol–water partition coefficient (Wildman–Crippen LogP) is 5.16. The van der Waals surface area contributed by atoms with Crippen molar-refractivity contribution in [3.05, 3.63) is 71.4 Å². The van der Waals surface area contributed by atoms with E-state index < -0.39 is 11.4 Å². The van der Waals surface area contributed by atoms with Gasteiger partial charge in [0.1, 0.15) is 12.4 Å². The average molecular weight is 545 g/mol. The number of aryl methyl sites for hydroxylation is 1. The maximum absolute atomic E-state index is 13.3. The number of benzene rings is 2. The molecular formula is C32H40N4O4. The van der Waals surface area contributed by atoms with Crippen LogP contribution in [-0.2, 0) is 11.4 Å². The van der Waals surface area contributed by atoms with E-state index in [-0.39, 0.29) is 12.3 Å². The molecule has 8 nitrogen and oxygen atoms in total. The summed E-state index contributed by atoms with van der Waals surface area (Å²) in [5.74, 6) is 0.705. The van der Waals surface area contributed by atoms with Gasteiger partial charge in [0.25, 0.3) is 5.91 Å². The molecule has 0 atom stereocenters. The number of nitrogens with zero attached hydrogens (tertiary/aromatic N) is 2. The summed E-state index contributed by atoms with van der Waals surface area (Å²) < 4.78 is 6.06. The van der Waals surface area contributed by atoms with Crippen molar-refractivity contribution in [1.82, 2.24) is 20.7 Å². The molecule has 0 radical (unpaired) electrons. The van der Waals surface area contributed by atoms with Crippen LogP contribution in [-0.4, -0.2) is 52.1 Å². The van der Waals surface area contributed by atoms with Gasteiger partial charge in [-0.15, -0.1) is 0 Å². The van der Waals surface area contributed by atoms with Gasteiger partial charge < -0.3 is 15.0 Å². The predicted molar refractivity (Wildman–Crippen MR) is 154 cm³/mol. The molecule has 2 heterocycles. The fourth-order valence-corrected chi connectivity index (χ4v) is 6.28. The molecule has 0 spiro atoms. The van der Waals surface area contributed by atoms with Crippen LogP contribution in [0, 0.1) is 12.8 Å². The molecule has 1 saturated carbocycles. The summed E-state index contributed by atoms with van der Waals surface area (Å²) in [4.78, 5) is 32.5. The Labute approximate surface area is 236 Å². The second-order valence-corrected chi connectivity index (χ2v) is 11.5. The van der Waals surface area contributed by atoms with Crippen molar-refractivity contribution in [2.24, 2.45) is 5.92 Å². The molecule has 1 aromatic heterocycles. The quantitative estimate of drug-likeness (QED) is 0.254. The van der Waals surface area contributed by atoms with Crippen molar-refractivity contribution in [2.75, 3.05) is 19.6 Å². The van der Waals surface area contributed by atoms with Crippen LogP contribution in [0.4, 0.5) is 0 Å². The van der Waals surface area contributed by atoms with Gasteiger partial charge in [0.2, 0.25) is 5.91 Å². The minimum Gasteiger partial charge on any atom is -0.489 e. The number of pyridine rings is 1. The Morgan fingerprint density at radius 3 is 2.50 bits per heavy atom. The largest absolute Gasteiger partial charge is 0.489 e. The molecule has 2 aromatic carbocycles. The first-order valence-electron chi connectivity index (χ1n) is 14.5. The van der Waals surface area contributed by atoms with E-state index in [1.54, 1.807) is 29.7 Å². The molecule has 3 aromatic rings. The van der Waals surface area contributed by atoms with E-state index in [1.807, 2.05) is 37.3 Å². The number of nitrogens with one attached hydrogen (secondary N) is 2. The van der Waals surface area contributed by atoms with Gasteiger partial charge in [0.15, 0.2) is 0 Å². The molecule has 2 aliphatic rings. The first kappa shape index (κ1) is 28.1. The van der Waals surface area contributed by atoms with Gasteiger partial charge in [0.05, 0.1) is 17.5 Å². The zero-order valence-electron chi connectivity index (χ0n) is 23.3. The molecule has 1 aliphatic heterocycles. The number of amides is 2. The van der Waals surface area contributed by atoms with E-state index in [9.17, 15) is 14.8 Å². The Morgan fingerprint density at radius 1 is 1.05 bits per heavy atom. The number of carbonyl (C=O) groups excluding carboxylic acids is 2. The van der Waals surface area contributed by atoms with Gasteiger partial charge in [-0.3, -0.25) is 19.8 Å². The maximum atomic E-state index is 13.3. The molecule has 0 bridgehead atoms. The molecule has 212 valence electrons. The minimum atomic E-state index is -0.692. The van der Waals surface area contributed by atoms with E-state index >= 15 is 0 Å². The number of hydrogen-bond acceptors (Lipinski definition) is 6. The molecule has 1 saturated heterocycles. The summed E-state index contributed by atoms with van der Waals surface area (Å²) in [5, 5.41) is 13.4. The number of likely N-dealkylation sites (tertiary alicyclic amines) is 1. The molecule has 1 aliphatic carbocycles. The second-order valence-electron chi connectivity index (χ2n) is 11.5. The standard InChI is InChI=1S/C32H40N4O4/c1-23-19-26(28-9-5-6-10-29(28)33-23)22-40-27-13-11-25(12-14-27)31(38)34-32(20-30(37)35-39)15-17-36(18-16-32)21-24-7-3-2-4-8-24/h5-6,9-14,19,24,39H,2-4,7-8,15-18,20-22H2,1H3,(H,34,38)(H,35,37). The van der Waals surface area contributed by atoms with Crippen molar-refractivity contribution in [3.63, 3.8) is 0 Å². The van der Waals surface area contributed by atoms with E-state index in [2.05, 4.69) is 15.2 Å².